The molecular formula is C31H30ClNO3S. The molecule has 37 heavy (non-hydrogen) atoms. The highest BCUT2D eigenvalue weighted by Crippen LogP contribution is 2.29. The van der Waals surface area contributed by atoms with Crippen molar-refractivity contribution in [3.8, 4) is 0 Å². The Morgan fingerprint density at radius 3 is 2.03 bits per heavy atom. The van der Waals surface area contributed by atoms with Crippen LogP contribution >= 0.6 is 11.6 Å². The lowest BCUT2D eigenvalue weighted by molar-refractivity contribution is 0.100. The summed E-state index contributed by atoms with van der Waals surface area (Å²) in [6.07, 6.45) is 4.35. The van der Waals surface area contributed by atoms with Crippen LogP contribution in [0.5, 0.6) is 0 Å². The Kier molecular flexibility index (Phi) is 8.80. The van der Waals surface area contributed by atoms with Crippen LogP contribution in [0.2, 0.25) is 5.02 Å². The zero-order valence-corrected chi connectivity index (χ0v) is 22.4. The zero-order valence-electron chi connectivity index (χ0n) is 20.8. The van der Waals surface area contributed by atoms with E-state index in [0.717, 1.165) is 46.7 Å². The first-order valence-electron chi connectivity index (χ1n) is 12.5. The smallest absolute Gasteiger partial charge is 0.268 e. The van der Waals surface area contributed by atoms with E-state index in [0.29, 0.717) is 22.7 Å². The van der Waals surface area contributed by atoms with Crippen LogP contribution in [0.15, 0.2) is 108 Å². The van der Waals surface area contributed by atoms with Crippen molar-refractivity contribution in [3.05, 3.63) is 130 Å². The summed E-state index contributed by atoms with van der Waals surface area (Å²) in [5.41, 5.74) is 3.72. The van der Waals surface area contributed by atoms with Crippen LogP contribution in [-0.2, 0) is 29.3 Å². The van der Waals surface area contributed by atoms with Gasteiger partial charge in [0.05, 0.1) is 10.6 Å². The molecule has 0 spiro atoms. The molecule has 0 heterocycles. The van der Waals surface area contributed by atoms with Crippen LogP contribution in [0.4, 0.5) is 5.69 Å². The Hall–Kier alpha value is -3.41. The minimum atomic E-state index is -4.21. The molecule has 0 aliphatic carbocycles. The second-order valence-electron chi connectivity index (χ2n) is 8.94. The Labute approximate surface area is 224 Å². The Balaban J connectivity index is 1.74. The molecule has 0 bridgehead atoms. The number of hydrogen-bond acceptors (Lipinski definition) is 3. The molecular weight excluding hydrogens is 502 g/mol. The summed E-state index contributed by atoms with van der Waals surface area (Å²) in [7, 11) is -4.21. The average Bonchev–Trinajstić information content (AvgIpc) is 2.92. The lowest BCUT2D eigenvalue weighted by atomic mass is 9.99. The first-order valence-corrected chi connectivity index (χ1v) is 14.3. The van der Waals surface area contributed by atoms with Crippen molar-refractivity contribution in [1.82, 2.24) is 0 Å². The first-order chi connectivity index (χ1) is 17.9. The number of rotatable bonds is 10. The highest BCUT2D eigenvalue weighted by Gasteiger charge is 2.33. The molecule has 4 aromatic rings. The fourth-order valence-electron chi connectivity index (χ4n) is 4.24. The van der Waals surface area contributed by atoms with Gasteiger partial charge in [0.1, 0.15) is 0 Å². The summed E-state index contributed by atoms with van der Waals surface area (Å²) in [5, 5.41) is 0.420. The van der Waals surface area contributed by atoms with Gasteiger partial charge in [0, 0.05) is 10.6 Å². The molecule has 4 aromatic carbocycles. The monoisotopic (exact) mass is 531 g/mol. The van der Waals surface area contributed by atoms with Gasteiger partial charge in [-0.05, 0) is 84.8 Å². The fourth-order valence-corrected chi connectivity index (χ4v) is 5.77. The van der Waals surface area contributed by atoms with Crippen molar-refractivity contribution in [1.29, 1.82) is 0 Å². The summed E-state index contributed by atoms with van der Waals surface area (Å²) >= 11 is 6.01. The highest BCUT2D eigenvalue weighted by atomic mass is 35.5. The minimum Gasteiger partial charge on any atom is -0.268 e. The number of unbranched alkanes of at least 4 members (excludes halogenated alkanes) is 1. The average molecular weight is 532 g/mol. The van der Waals surface area contributed by atoms with E-state index in [1.165, 1.54) is 24.3 Å². The fraction of sp³-hybridized carbons (Fsp3) is 0.194. The summed E-state index contributed by atoms with van der Waals surface area (Å²) < 4.78 is 28.7. The molecule has 0 atom stereocenters. The van der Waals surface area contributed by atoms with Crippen molar-refractivity contribution in [2.75, 3.05) is 4.31 Å². The summed E-state index contributed by atoms with van der Waals surface area (Å²) in [5.74, 6) is -0.583. The second kappa shape index (κ2) is 12.2. The minimum absolute atomic E-state index is 0.00192. The van der Waals surface area contributed by atoms with Gasteiger partial charge in [-0.1, -0.05) is 85.6 Å². The van der Waals surface area contributed by atoms with E-state index >= 15 is 0 Å². The van der Waals surface area contributed by atoms with Crippen LogP contribution in [0.3, 0.4) is 0 Å². The Morgan fingerprint density at radius 2 is 1.35 bits per heavy atom. The van der Waals surface area contributed by atoms with E-state index in [1.54, 1.807) is 24.3 Å². The third-order valence-electron chi connectivity index (χ3n) is 6.30. The predicted octanol–water partition coefficient (Wildman–Crippen LogP) is 7.50. The van der Waals surface area contributed by atoms with E-state index in [4.69, 9.17) is 11.6 Å². The van der Waals surface area contributed by atoms with Crippen molar-refractivity contribution >= 4 is 33.2 Å². The molecule has 190 valence electrons. The van der Waals surface area contributed by atoms with Crippen LogP contribution in [0, 0.1) is 0 Å². The van der Waals surface area contributed by atoms with Gasteiger partial charge in [0.15, 0.2) is 0 Å². The zero-order chi connectivity index (χ0) is 26.3. The normalized spacial score (nSPS) is 11.3. The largest absolute Gasteiger partial charge is 0.272 e. The number of amides is 1. The van der Waals surface area contributed by atoms with Gasteiger partial charge >= 0.3 is 0 Å². The number of carbonyl (C=O) groups is 1. The molecule has 0 radical (unpaired) electrons. The molecule has 0 aliphatic heterocycles. The van der Waals surface area contributed by atoms with Crippen LogP contribution in [0.25, 0.3) is 0 Å². The molecule has 4 rings (SSSR count). The lowest BCUT2D eigenvalue weighted by Crippen LogP contribution is -2.37. The molecule has 0 saturated carbocycles. The van der Waals surface area contributed by atoms with Crippen LogP contribution < -0.4 is 4.31 Å². The Morgan fingerprint density at radius 1 is 0.730 bits per heavy atom. The van der Waals surface area contributed by atoms with Crippen LogP contribution in [0.1, 0.15) is 46.8 Å². The quantitative estimate of drug-likeness (QED) is 0.213. The van der Waals surface area contributed by atoms with Gasteiger partial charge in [-0.15, -0.1) is 0 Å². The van der Waals surface area contributed by atoms with Gasteiger partial charge in [-0.25, -0.2) is 8.42 Å². The second-order valence-corrected chi connectivity index (χ2v) is 11.2. The first kappa shape index (κ1) is 26.6. The lowest BCUT2D eigenvalue weighted by Gasteiger charge is -2.24. The van der Waals surface area contributed by atoms with Gasteiger partial charge < -0.3 is 0 Å². The topological polar surface area (TPSA) is 54.5 Å². The molecule has 4 nitrogen and oxygen atoms in total. The molecule has 6 heteroatoms. The number of carbonyl (C=O) groups excluding carboxylic acids is 1. The maximum absolute atomic E-state index is 14.0. The summed E-state index contributed by atoms with van der Waals surface area (Å²) in [4.78, 5) is 14.0. The number of hydrogen-bond donors (Lipinski definition) is 0. The molecule has 0 unspecified atom stereocenters. The van der Waals surface area contributed by atoms with E-state index in [1.807, 2.05) is 54.6 Å². The molecule has 0 fully saturated rings. The van der Waals surface area contributed by atoms with Crippen molar-refractivity contribution in [3.63, 3.8) is 0 Å². The molecule has 0 saturated heterocycles. The van der Waals surface area contributed by atoms with Crippen molar-refractivity contribution < 1.29 is 13.2 Å². The molecule has 1 amide bonds. The maximum Gasteiger partial charge on any atom is 0.272 e. The Bertz CT molecular complexity index is 1430. The number of anilines is 1. The number of nitrogens with zero attached hydrogens (tertiary/aromatic N) is 1. The van der Waals surface area contributed by atoms with E-state index in [2.05, 4.69) is 6.92 Å². The van der Waals surface area contributed by atoms with Gasteiger partial charge in [-0.3, -0.25) is 4.79 Å². The van der Waals surface area contributed by atoms with Crippen molar-refractivity contribution in [2.45, 2.75) is 43.9 Å². The SMILES string of the molecule is CCCCc1ccc(N(C(=O)c2ccccc2CCc2ccccc2)S(=O)(=O)c2ccc(Cl)cc2)cc1. The van der Waals surface area contributed by atoms with Gasteiger partial charge in [-0.2, -0.15) is 4.31 Å². The number of benzene rings is 4. The highest BCUT2D eigenvalue weighted by molar-refractivity contribution is 7.93. The van der Waals surface area contributed by atoms with E-state index < -0.39 is 15.9 Å². The van der Waals surface area contributed by atoms with Crippen LogP contribution in [-0.4, -0.2) is 14.3 Å². The third-order valence-corrected chi connectivity index (χ3v) is 8.28. The number of halogens is 1. The van der Waals surface area contributed by atoms with Gasteiger partial charge in [0.2, 0.25) is 0 Å². The third kappa shape index (κ3) is 6.48. The molecule has 0 aromatic heterocycles. The van der Waals surface area contributed by atoms with Crippen molar-refractivity contribution in [2.24, 2.45) is 0 Å². The molecule has 0 aliphatic rings. The molecule has 0 N–H and O–H groups in total. The summed E-state index contributed by atoms with van der Waals surface area (Å²) in [6.45, 7) is 2.13. The van der Waals surface area contributed by atoms with E-state index in [9.17, 15) is 13.2 Å². The van der Waals surface area contributed by atoms with Gasteiger partial charge in [0.25, 0.3) is 15.9 Å². The van der Waals surface area contributed by atoms with E-state index in [-0.39, 0.29) is 4.90 Å². The number of sulfonamides is 1. The summed E-state index contributed by atoms with van der Waals surface area (Å²) in [6, 6.07) is 30.3. The standard InChI is InChI=1S/C31H30ClNO3S/c1-2-3-9-25-15-20-28(21-16-25)33(37(35,36)29-22-18-27(32)19-23-29)31(34)30-13-8-7-12-26(30)17-14-24-10-5-4-6-11-24/h4-8,10-13,15-16,18-23H,2-3,9,14,17H2,1H3. The predicted molar refractivity (Wildman–Crippen MR) is 151 cm³/mol. The number of aryl methyl sites for hydroxylation is 3. The maximum atomic E-state index is 14.0.